The van der Waals surface area contributed by atoms with Crippen LogP contribution in [0.1, 0.15) is 0 Å². The molecule has 1 aromatic carbocycles. The molecule has 0 aliphatic rings. The molecule has 0 spiro atoms. The van der Waals surface area contributed by atoms with Crippen LogP contribution in [-0.4, -0.2) is 14.9 Å². The first-order valence-corrected chi connectivity index (χ1v) is 6.87. The van der Waals surface area contributed by atoms with Crippen molar-refractivity contribution >= 4 is 50.8 Å². The van der Waals surface area contributed by atoms with E-state index in [9.17, 15) is 10.1 Å². The second kappa shape index (κ2) is 5.08. The first-order chi connectivity index (χ1) is 9.65. The van der Waals surface area contributed by atoms with Gasteiger partial charge in [-0.25, -0.2) is 4.98 Å². The molecule has 2 N–H and O–H groups in total. The van der Waals surface area contributed by atoms with Crippen molar-refractivity contribution in [1.82, 2.24) is 9.97 Å². The number of halogens is 1. The average Bonchev–Trinajstić information content (AvgIpc) is 2.80. The van der Waals surface area contributed by atoms with Crippen molar-refractivity contribution in [2.24, 2.45) is 0 Å². The lowest BCUT2D eigenvalue weighted by molar-refractivity contribution is -0.383. The van der Waals surface area contributed by atoms with Crippen LogP contribution >= 0.6 is 22.6 Å². The smallest absolute Gasteiger partial charge is 0.292 e. The van der Waals surface area contributed by atoms with Crippen molar-refractivity contribution < 1.29 is 4.92 Å². The van der Waals surface area contributed by atoms with E-state index in [4.69, 9.17) is 0 Å². The number of nitro groups is 1. The zero-order valence-corrected chi connectivity index (χ0v) is 12.3. The van der Waals surface area contributed by atoms with Gasteiger partial charge in [0.15, 0.2) is 0 Å². The lowest BCUT2D eigenvalue weighted by Crippen LogP contribution is -1.98. The molecule has 0 aliphatic carbocycles. The highest BCUT2D eigenvalue weighted by Crippen LogP contribution is 2.27. The maximum Gasteiger partial charge on any atom is 0.292 e. The standard InChI is InChI=1S/C13H9IN4O2/c14-9-7-15-13-8(9)5-6-12(17-13)16-10-3-1-2-4-11(10)18(19)20/h1-7H,(H2,15,16,17). The van der Waals surface area contributed by atoms with E-state index in [0.717, 1.165) is 14.6 Å². The molecule has 0 saturated heterocycles. The Labute approximate surface area is 127 Å². The van der Waals surface area contributed by atoms with Gasteiger partial charge in [0, 0.05) is 21.2 Å². The van der Waals surface area contributed by atoms with Crippen molar-refractivity contribution in [2.75, 3.05) is 5.32 Å². The van der Waals surface area contributed by atoms with E-state index in [1.165, 1.54) is 6.07 Å². The molecule has 0 bridgehead atoms. The predicted octanol–water partition coefficient (Wildman–Crippen LogP) is 3.82. The Morgan fingerprint density at radius 3 is 2.85 bits per heavy atom. The van der Waals surface area contributed by atoms with E-state index in [1.807, 2.05) is 12.3 Å². The first kappa shape index (κ1) is 12.9. The third kappa shape index (κ3) is 2.31. The molecular weight excluding hydrogens is 371 g/mol. The molecule has 0 aliphatic heterocycles. The van der Waals surface area contributed by atoms with Crippen molar-refractivity contribution in [3.05, 3.63) is 56.3 Å². The molecule has 2 aromatic heterocycles. The summed E-state index contributed by atoms with van der Waals surface area (Å²) in [6.07, 6.45) is 1.87. The van der Waals surface area contributed by atoms with Crippen molar-refractivity contribution in [3.63, 3.8) is 0 Å². The Bertz CT molecular complexity index is 800. The van der Waals surface area contributed by atoms with Crippen molar-refractivity contribution in [2.45, 2.75) is 0 Å². The van der Waals surface area contributed by atoms with Crippen LogP contribution in [0.25, 0.3) is 11.0 Å². The van der Waals surface area contributed by atoms with Crippen molar-refractivity contribution in [3.8, 4) is 0 Å². The fraction of sp³-hybridized carbons (Fsp3) is 0. The van der Waals surface area contributed by atoms with Crippen LogP contribution in [0.2, 0.25) is 0 Å². The summed E-state index contributed by atoms with van der Waals surface area (Å²) in [5.74, 6) is 0.560. The fourth-order valence-corrected chi connectivity index (χ4v) is 2.51. The molecular formula is C13H9IN4O2. The van der Waals surface area contributed by atoms with Gasteiger partial charge in [0.25, 0.3) is 5.69 Å². The largest absolute Gasteiger partial charge is 0.345 e. The summed E-state index contributed by atoms with van der Waals surface area (Å²) in [5.41, 5.74) is 1.19. The predicted molar refractivity (Wildman–Crippen MR) is 85.2 cm³/mol. The fourth-order valence-electron chi connectivity index (χ4n) is 1.92. The van der Waals surface area contributed by atoms with E-state index in [2.05, 4.69) is 37.9 Å². The van der Waals surface area contributed by atoms with Gasteiger partial charge in [0.1, 0.15) is 17.2 Å². The highest BCUT2D eigenvalue weighted by Gasteiger charge is 2.13. The Morgan fingerprint density at radius 1 is 1.25 bits per heavy atom. The van der Waals surface area contributed by atoms with Crippen LogP contribution in [0.5, 0.6) is 0 Å². The number of para-hydroxylation sites is 2. The van der Waals surface area contributed by atoms with Gasteiger partial charge < -0.3 is 10.3 Å². The number of benzene rings is 1. The lowest BCUT2D eigenvalue weighted by Gasteiger charge is -2.06. The maximum absolute atomic E-state index is 11.0. The Kier molecular flexibility index (Phi) is 3.26. The minimum atomic E-state index is -0.418. The molecule has 0 saturated carbocycles. The molecule has 0 amide bonds. The number of pyridine rings is 1. The minimum absolute atomic E-state index is 0.0236. The number of H-pyrrole nitrogens is 1. The van der Waals surface area contributed by atoms with E-state index in [-0.39, 0.29) is 5.69 Å². The van der Waals surface area contributed by atoms with E-state index < -0.39 is 4.92 Å². The maximum atomic E-state index is 11.0. The summed E-state index contributed by atoms with van der Waals surface area (Å²) >= 11 is 2.22. The number of aromatic nitrogens is 2. The van der Waals surface area contributed by atoms with Gasteiger partial charge in [-0.05, 0) is 40.8 Å². The molecule has 7 heteroatoms. The third-order valence-electron chi connectivity index (χ3n) is 2.85. The minimum Gasteiger partial charge on any atom is -0.345 e. The van der Waals surface area contributed by atoms with Gasteiger partial charge in [-0.3, -0.25) is 10.1 Å². The number of rotatable bonds is 3. The number of aromatic amines is 1. The molecule has 0 radical (unpaired) electrons. The molecule has 6 nitrogen and oxygen atoms in total. The number of fused-ring (bicyclic) bond motifs is 1. The lowest BCUT2D eigenvalue weighted by atomic mass is 10.2. The zero-order chi connectivity index (χ0) is 14.1. The van der Waals surface area contributed by atoms with Gasteiger partial charge in [-0.2, -0.15) is 0 Å². The van der Waals surface area contributed by atoms with E-state index >= 15 is 0 Å². The summed E-state index contributed by atoms with van der Waals surface area (Å²) in [6.45, 7) is 0. The quantitative estimate of drug-likeness (QED) is 0.411. The number of nitro benzene ring substituents is 1. The Morgan fingerprint density at radius 2 is 2.05 bits per heavy atom. The normalized spacial score (nSPS) is 10.7. The zero-order valence-electron chi connectivity index (χ0n) is 10.1. The van der Waals surface area contributed by atoms with Crippen LogP contribution in [0.4, 0.5) is 17.2 Å². The monoisotopic (exact) mass is 380 g/mol. The van der Waals surface area contributed by atoms with Gasteiger partial charge in [-0.15, -0.1) is 0 Å². The highest BCUT2D eigenvalue weighted by molar-refractivity contribution is 14.1. The van der Waals surface area contributed by atoms with Crippen molar-refractivity contribution in [1.29, 1.82) is 0 Å². The summed E-state index contributed by atoms with van der Waals surface area (Å²) in [7, 11) is 0. The summed E-state index contributed by atoms with van der Waals surface area (Å²) < 4.78 is 1.09. The number of hydrogen-bond donors (Lipinski definition) is 2. The van der Waals surface area contributed by atoms with Gasteiger partial charge >= 0.3 is 0 Å². The van der Waals surface area contributed by atoms with Crippen LogP contribution in [0.3, 0.4) is 0 Å². The van der Waals surface area contributed by atoms with Gasteiger partial charge in [0.2, 0.25) is 0 Å². The average molecular weight is 380 g/mol. The number of anilines is 2. The first-order valence-electron chi connectivity index (χ1n) is 5.79. The molecule has 3 rings (SSSR count). The molecule has 0 fully saturated rings. The third-order valence-corrected chi connectivity index (χ3v) is 3.74. The summed E-state index contributed by atoms with van der Waals surface area (Å²) in [4.78, 5) is 18.0. The molecule has 20 heavy (non-hydrogen) atoms. The molecule has 0 atom stereocenters. The number of hydrogen-bond acceptors (Lipinski definition) is 4. The van der Waals surface area contributed by atoms with E-state index in [0.29, 0.717) is 11.5 Å². The second-order valence-electron chi connectivity index (χ2n) is 4.13. The van der Waals surface area contributed by atoms with Crippen LogP contribution in [0, 0.1) is 13.7 Å². The van der Waals surface area contributed by atoms with Crippen LogP contribution in [-0.2, 0) is 0 Å². The molecule has 100 valence electrons. The van der Waals surface area contributed by atoms with Gasteiger partial charge in [-0.1, -0.05) is 12.1 Å². The molecule has 0 unspecified atom stereocenters. The Hall–Kier alpha value is -2.16. The SMILES string of the molecule is O=[N+]([O-])c1ccccc1Nc1ccc2c(I)c[nH]c2n1. The van der Waals surface area contributed by atoms with Gasteiger partial charge in [0.05, 0.1) is 4.92 Å². The second-order valence-corrected chi connectivity index (χ2v) is 5.29. The Balaban J connectivity index is 1.99. The number of nitrogens with zero attached hydrogens (tertiary/aromatic N) is 2. The number of nitrogens with one attached hydrogen (secondary N) is 2. The van der Waals surface area contributed by atoms with Crippen LogP contribution < -0.4 is 5.32 Å². The summed E-state index contributed by atoms with van der Waals surface area (Å²) in [6, 6.07) is 10.2. The molecule has 2 heterocycles. The summed E-state index contributed by atoms with van der Waals surface area (Å²) in [5, 5.41) is 15.0. The highest BCUT2D eigenvalue weighted by atomic mass is 127. The molecule has 3 aromatic rings. The van der Waals surface area contributed by atoms with Crippen LogP contribution in [0.15, 0.2) is 42.6 Å². The topological polar surface area (TPSA) is 83.9 Å². The van der Waals surface area contributed by atoms with E-state index in [1.54, 1.807) is 24.3 Å².